The van der Waals surface area contributed by atoms with E-state index in [9.17, 15) is 31.6 Å². The molecule has 1 saturated carbocycles. The molecule has 0 unspecified atom stereocenters. The minimum Gasteiger partial charge on any atom is -0.465 e. The zero-order valence-electron chi connectivity index (χ0n) is 19.3. The Balaban J connectivity index is 1.75. The number of halogens is 4. The van der Waals surface area contributed by atoms with Gasteiger partial charge in [-0.1, -0.05) is 35.9 Å². The lowest BCUT2D eigenvalue weighted by molar-refractivity contribution is -0.137. The van der Waals surface area contributed by atoms with E-state index in [2.05, 4.69) is 15.8 Å². The van der Waals surface area contributed by atoms with Crippen LogP contribution in [0.2, 0.25) is 5.02 Å². The Morgan fingerprint density at radius 1 is 1.16 bits per heavy atom. The number of benzene rings is 2. The Kier molecular flexibility index (Phi) is 6.92. The van der Waals surface area contributed by atoms with Crippen LogP contribution in [-0.4, -0.2) is 26.5 Å². The number of esters is 1. The highest BCUT2D eigenvalue weighted by atomic mass is 35.5. The molecule has 1 heterocycles. The molecule has 0 spiro atoms. The first-order valence-corrected chi connectivity index (χ1v) is 12.7. The van der Waals surface area contributed by atoms with Crippen molar-refractivity contribution >= 4 is 33.4 Å². The molecule has 0 amide bonds. The lowest BCUT2D eigenvalue weighted by Gasteiger charge is -2.25. The topological polar surface area (TPSA) is 100 Å². The van der Waals surface area contributed by atoms with Crippen molar-refractivity contribution in [1.29, 1.82) is 5.26 Å². The number of alkyl halides is 3. The quantitative estimate of drug-likeness (QED) is 0.361. The average Bonchev–Trinajstić information content (AvgIpc) is 3.68. The van der Waals surface area contributed by atoms with Crippen LogP contribution in [0, 0.1) is 11.3 Å². The number of hydrogen-bond donors (Lipinski definition) is 0. The maximum atomic E-state index is 13.7. The fraction of sp³-hybridized carbons (Fsp3) is 0.240. The summed E-state index contributed by atoms with van der Waals surface area (Å²) < 4.78 is 72.2. The van der Waals surface area contributed by atoms with Crippen LogP contribution in [0.1, 0.15) is 39.9 Å². The number of methoxy groups -OCH3 is 1. The molecule has 2 aromatic carbocycles. The Hall–Kier alpha value is -3.62. The van der Waals surface area contributed by atoms with E-state index >= 15 is 0 Å². The van der Waals surface area contributed by atoms with Crippen molar-refractivity contribution in [3.63, 3.8) is 0 Å². The summed E-state index contributed by atoms with van der Waals surface area (Å²) in [5.74, 6) is -1.06. The van der Waals surface area contributed by atoms with E-state index in [0.717, 1.165) is 22.7 Å². The second kappa shape index (κ2) is 9.68. The molecule has 0 N–H and O–H groups in total. The molecule has 0 bridgehead atoms. The molecular formula is C25H19ClF3N3O4S. The number of nitriles is 1. The lowest BCUT2D eigenvalue weighted by atomic mass is 9.97. The van der Waals surface area contributed by atoms with Crippen LogP contribution in [0.5, 0.6) is 0 Å². The Morgan fingerprint density at radius 2 is 1.78 bits per heavy atom. The zero-order chi connectivity index (χ0) is 27.0. The summed E-state index contributed by atoms with van der Waals surface area (Å²) in [5, 5.41) is 8.90. The molecule has 192 valence electrons. The molecule has 1 aliphatic rings. The van der Waals surface area contributed by atoms with Crippen molar-refractivity contribution < 1.29 is 31.1 Å². The minimum absolute atomic E-state index is 0.112. The number of anilines is 1. The van der Waals surface area contributed by atoms with Crippen LogP contribution in [0.15, 0.2) is 65.7 Å². The van der Waals surface area contributed by atoms with Gasteiger partial charge in [0.25, 0.3) is 10.0 Å². The Labute approximate surface area is 216 Å². The van der Waals surface area contributed by atoms with Gasteiger partial charge in [0.15, 0.2) is 5.82 Å². The standard InChI is InChI=1S/C25H19ClF3N3O4S/c1-36-23(33)17-4-8-20(9-5-17)37(34,35)32(22-21(26)12-19(13-31-22)25(27,28)29)14-16-2-6-18(7-3-16)24(15-30)10-11-24/h2-9,12-13H,10-11,14H2,1H3. The summed E-state index contributed by atoms with van der Waals surface area (Å²) in [5.41, 5.74) is -0.260. The van der Waals surface area contributed by atoms with E-state index in [1.165, 1.54) is 31.4 Å². The number of hydrogen-bond acceptors (Lipinski definition) is 6. The zero-order valence-corrected chi connectivity index (χ0v) is 20.9. The van der Waals surface area contributed by atoms with Crippen molar-refractivity contribution in [3.05, 3.63) is 88.1 Å². The fourth-order valence-corrected chi connectivity index (χ4v) is 5.48. The predicted octanol–water partition coefficient (Wildman–Crippen LogP) is 5.49. The first-order chi connectivity index (χ1) is 17.4. The number of pyridine rings is 1. The highest BCUT2D eigenvalue weighted by Crippen LogP contribution is 2.47. The summed E-state index contributed by atoms with van der Waals surface area (Å²) in [6.45, 7) is -0.307. The van der Waals surface area contributed by atoms with E-state index in [0.29, 0.717) is 17.8 Å². The monoisotopic (exact) mass is 549 g/mol. The van der Waals surface area contributed by atoms with Crippen molar-refractivity contribution in [2.45, 2.75) is 35.9 Å². The first-order valence-electron chi connectivity index (χ1n) is 10.9. The summed E-state index contributed by atoms with van der Waals surface area (Å²) in [4.78, 5) is 15.2. The molecule has 0 radical (unpaired) electrons. The summed E-state index contributed by atoms with van der Waals surface area (Å²) in [6.07, 6.45) is -2.75. The van der Waals surface area contributed by atoms with Crippen molar-refractivity contribution in [1.82, 2.24) is 4.98 Å². The summed E-state index contributed by atoms with van der Waals surface area (Å²) in [7, 11) is -3.22. The van der Waals surface area contributed by atoms with E-state index in [-0.39, 0.29) is 17.0 Å². The lowest BCUT2D eigenvalue weighted by Crippen LogP contribution is -2.32. The number of sulfonamides is 1. The predicted molar refractivity (Wildman–Crippen MR) is 128 cm³/mol. The fourth-order valence-electron chi connectivity index (χ4n) is 3.74. The van der Waals surface area contributed by atoms with Gasteiger partial charge in [-0.25, -0.2) is 22.5 Å². The van der Waals surface area contributed by atoms with Gasteiger partial charge in [0, 0.05) is 6.20 Å². The molecule has 0 saturated heterocycles. The van der Waals surface area contributed by atoms with E-state index in [1.807, 2.05) is 0 Å². The van der Waals surface area contributed by atoms with Crippen molar-refractivity contribution in [2.75, 3.05) is 11.4 Å². The third kappa shape index (κ3) is 5.26. The SMILES string of the molecule is COC(=O)c1ccc(S(=O)(=O)N(Cc2ccc(C3(C#N)CC3)cc2)c2ncc(C(F)(F)F)cc2Cl)cc1. The summed E-state index contributed by atoms with van der Waals surface area (Å²) >= 11 is 6.12. The van der Waals surface area contributed by atoms with Gasteiger partial charge in [-0.15, -0.1) is 0 Å². The summed E-state index contributed by atoms with van der Waals surface area (Å²) in [6, 6.07) is 14.5. The van der Waals surface area contributed by atoms with E-state index in [1.54, 1.807) is 24.3 Å². The molecule has 12 heteroatoms. The van der Waals surface area contributed by atoms with Gasteiger partial charge in [-0.2, -0.15) is 18.4 Å². The molecular weight excluding hydrogens is 531 g/mol. The van der Waals surface area contributed by atoms with Gasteiger partial charge in [-0.3, -0.25) is 0 Å². The smallest absolute Gasteiger partial charge is 0.417 e. The van der Waals surface area contributed by atoms with Crippen LogP contribution < -0.4 is 4.31 Å². The van der Waals surface area contributed by atoms with Crippen LogP contribution in [-0.2, 0) is 32.9 Å². The normalized spacial score (nSPS) is 14.5. The van der Waals surface area contributed by atoms with Crippen molar-refractivity contribution in [3.8, 4) is 6.07 Å². The highest BCUT2D eigenvalue weighted by Gasteiger charge is 2.44. The van der Waals surface area contributed by atoms with Gasteiger partial charge in [0.2, 0.25) is 0 Å². The third-order valence-electron chi connectivity index (χ3n) is 6.05. The van der Waals surface area contributed by atoms with Crippen LogP contribution >= 0.6 is 11.6 Å². The van der Waals surface area contributed by atoms with Gasteiger partial charge >= 0.3 is 12.1 Å². The molecule has 0 atom stereocenters. The molecule has 4 rings (SSSR count). The second-order valence-electron chi connectivity index (χ2n) is 8.45. The second-order valence-corrected chi connectivity index (χ2v) is 10.7. The van der Waals surface area contributed by atoms with E-state index < -0.39 is 44.0 Å². The number of rotatable bonds is 7. The maximum Gasteiger partial charge on any atom is 0.417 e. The molecule has 7 nitrogen and oxygen atoms in total. The third-order valence-corrected chi connectivity index (χ3v) is 8.07. The Morgan fingerprint density at radius 3 is 2.27 bits per heavy atom. The largest absolute Gasteiger partial charge is 0.465 e. The van der Waals surface area contributed by atoms with Gasteiger partial charge in [0.05, 0.1) is 46.2 Å². The van der Waals surface area contributed by atoms with Crippen LogP contribution in [0.25, 0.3) is 0 Å². The molecule has 1 aromatic heterocycles. The minimum atomic E-state index is -4.72. The number of carbonyl (C=O) groups excluding carboxylic acids is 1. The Bertz CT molecular complexity index is 1480. The molecule has 3 aromatic rings. The van der Waals surface area contributed by atoms with Gasteiger partial charge in [0.1, 0.15) is 0 Å². The molecule has 1 fully saturated rings. The van der Waals surface area contributed by atoms with Gasteiger partial charge in [-0.05, 0) is 54.3 Å². The van der Waals surface area contributed by atoms with Crippen LogP contribution in [0.4, 0.5) is 19.0 Å². The molecule has 1 aliphatic carbocycles. The first kappa shape index (κ1) is 26.4. The highest BCUT2D eigenvalue weighted by molar-refractivity contribution is 7.92. The van der Waals surface area contributed by atoms with Crippen LogP contribution in [0.3, 0.4) is 0 Å². The number of ether oxygens (including phenoxy) is 1. The molecule has 37 heavy (non-hydrogen) atoms. The van der Waals surface area contributed by atoms with E-state index in [4.69, 9.17) is 11.6 Å². The number of nitrogens with zero attached hydrogens (tertiary/aromatic N) is 3. The maximum absolute atomic E-state index is 13.7. The average molecular weight is 550 g/mol. The number of carbonyl (C=O) groups is 1. The number of aromatic nitrogens is 1. The molecule has 0 aliphatic heterocycles. The van der Waals surface area contributed by atoms with Crippen molar-refractivity contribution in [2.24, 2.45) is 0 Å². The van der Waals surface area contributed by atoms with Gasteiger partial charge < -0.3 is 4.74 Å².